The van der Waals surface area contributed by atoms with Crippen LogP contribution in [0.25, 0.3) is 0 Å². The van der Waals surface area contributed by atoms with Gasteiger partial charge in [-0.05, 0) is 37.1 Å². The molecule has 2 aromatic carbocycles. The monoisotopic (exact) mass is 328 g/mol. The summed E-state index contributed by atoms with van der Waals surface area (Å²) in [5.41, 5.74) is 2.11. The highest BCUT2D eigenvalue weighted by Gasteiger charge is 2.15. The average Bonchev–Trinajstić information content (AvgIpc) is 2.58. The molecule has 2 aromatic rings. The predicted molar refractivity (Wildman–Crippen MR) is 93.7 cm³/mol. The number of benzene rings is 2. The van der Waals surface area contributed by atoms with Crippen LogP contribution in [0.4, 0.5) is 0 Å². The molecule has 0 fully saturated rings. The Morgan fingerprint density at radius 2 is 1.08 bits per heavy atom. The fraction of sp³-hybridized carbons (Fsp3) is 0.222. The first kappa shape index (κ1) is 17.3. The standard InChI is InChI=1S/C18H20N2O4/c1-19-13(11-5-3-7-15(21)17(11)23)9-10-14(20-2)12-6-4-8-16(22)18(12)24/h3-8,21-24H,9-10H2,1-2H3. The molecule has 0 radical (unpaired) electrons. The Labute approximate surface area is 140 Å². The van der Waals surface area contributed by atoms with Gasteiger partial charge >= 0.3 is 0 Å². The number of rotatable bonds is 5. The minimum absolute atomic E-state index is 0.205. The first-order chi connectivity index (χ1) is 11.5. The van der Waals surface area contributed by atoms with Crippen molar-refractivity contribution in [1.82, 2.24) is 0 Å². The van der Waals surface area contributed by atoms with E-state index in [-0.39, 0.29) is 23.0 Å². The number of nitrogens with zero attached hydrogens (tertiary/aromatic N) is 2. The second kappa shape index (κ2) is 7.50. The highest BCUT2D eigenvalue weighted by atomic mass is 16.3. The van der Waals surface area contributed by atoms with Gasteiger partial charge in [-0.2, -0.15) is 0 Å². The Balaban J connectivity index is 2.24. The lowest BCUT2D eigenvalue weighted by Gasteiger charge is -2.12. The van der Waals surface area contributed by atoms with Crippen molar-refractivity contribution in [2.75, 3.05) is 14.1 Å². The molecule has 0 spiro atoms. The molecule has 6 nitrogen and oxygen atoms in total. The second-order valence-corrected chi connectivity index (χ2v) is 5.19. The molecule has 126 valence electrons. The number of hydrogen-bond donors (Lipinski definition) is 4. The van der Waals surface area contributed by atoms with E-state index in [1.54, 1.807) is 38.4 Å². The van der Waals surface area contributed by atoms with E-state index >= 15 is 0 Å². The van der Waals surface area contributed by atoms with Crippen LogP contribution in [0, 0.1) is 0 Å². The van der Waals surface area contributed by atoms with Crippen LogP contribution in [-0.4, -0.2) is 45.9 Å². The lowest BCUT2D eigenvalue weighted by molar-refractivity contribution is 0.403. The third-order valence-corrected chi connectivity index (χ3v) is 3.79. The molecule has 0 bridgehead atoms. The molecule has 0 amide bonds. The smallest absolute Gasteiger partial charge is 0.166 e. The third-order valence-electron chi connectivity index (χ3n) is 3.79. The fourth-order valence-corrected chi connectivity index (χ4v) is 2.50. The van der Waals surface area contributed by atoms with Gasteiger partial charge in [-0.1, -0.05) is 12.1 Å². The summed E-state index contributed by atoms with van der Waals surface area (Å²) >= 11 is 0. The van der Waals surface area contributed by atoms with Gasteiger partial charge in [0.1, 0.15) is 0 Å². The van der Waals surface area contributed by atoms with Crippen LogP contribution < -0.4 is 0 Å². The van der Waals surface area contributed by atoms with Crippen molar-refractivity contribution in [3.05, 3.63) is 47.5 Å². The zero-order valence-corrected chi connectivity index (χ0v) is 13.6. The molecular formula is C18H20N2O4. The molecule has 24 heavy (non-hydrogen) atoms. The number of para-hydroxylation sites is 2. The first-order valence-electron chi connectivity index (χ1n) is 7.43. The van der Waals surface area contributed by atoms with E-state index in [4.69, 9.17) is 0 Å². The quantitative estimate of drug-likeness (QED) is 0.500. The van der Waals surface area contributed by atoms with Gasteiger partial charge < -0.3 is 20.4 Å². The Kier molecular flexibility index (Phi) is 5.42. The fourth-order valence-electron chi connectivity index (χ4n) is 2.50. The highest BCUT2D eigenvalue weighted by Crippen LogP contribution is 2.32. The number of hydrogen-bond acceptors (Lipinski definition) is 6. The van der Waals surface area contributed by atoms with Gasteiger partial charge in [0, 0.05) is 36.6 Å². The molecule has 0 atom stereocenters. The molecule has 2 rings (SSSR count). The van der Waals surface area contributed by atoms with Gasteiger partial charge in [0.2, 0.25) is 0 Å². The Hall–Kier alpha value is -3.02. The molecule has 0 aromatic heterocycles. The third kappa shape index (κ3) is 3.48. The van der Waals surface area contributed by atoms with Crippen molar-refractivity contribution in [3.8, 4) is 23.0 Å². The first-order valence-corrected chi connectivity index (χ1v) is 7.43. The summed E-state index contributed by atoms with van der Waals surface area (Å²) in [6.07, 6.45) is 0.880. The van der Waals surface area contributed by atoms with E-state index < -0.39 is 0 Å². The Morgan fingerprint density at radius 1 is 0.708 bits per heavy atom. The van der Waals surface area contributed by atoms with Gasteiger partial charge in [0.15, 0.2) is 23.0 Å². The van der Waals surface area contributed by atoms with Gasteiger partial charge in [0.25, 0.3) is 0 Å². The average molecular weight is 328 g/mol. The number of phenolic OH excluding ortho intramolecular Hbond substituents is 4. The summed E-state index contributed by atoms with van der Waals surface area (Å²) < 4.78 is 0. The zero-order chi connectivity index (χ0) is 17.7. The van der Waals surface area contributed by atoms with E-state index in [0.717, 1.165) is 0 Å². The molecule has 0 aliphatic rings. The maximum Gasteiger partial charge on any atom is 0.166 e. The summed E-state index contributed by atoms with van der Waals surface area (Å²) in [5, 5.41) is 39.2. The zero-order valence-electron chi connectivity index (χ0n) is 13.6. The van der Waals surface area contributed by atoms with Crippen LogP contribution in [0.1, 0.15) is 24.0 Å². The minimum atomic E-state index is -0.215. The number of aliphatic imine (C=N–C) groups is 2. The van der Waals surface area contributed by atoms with Crippen LogP contribution in [0.2, 0.25) is 0 Å². The molecule has 0 unspecified atom stereocenters. The van der Waals surface area contributed by atoms with E-state index in [1.165, 1.54) is 12.1 Å². The molecule has 0 aliphatic carbocycles. The Bertz CT molecular complexity index is 730. The van der Waals surface area contributed by atoms with E-state index in [9.17, 15) is 20.4 Å². The van der Waals surface area contributed by atoms with Crippen LogP contribution in [0.5, 0.6) is 23.0 Å². The Morgan fingerprint density at radius 3 is 1.42 bits per heavy atom. The molecular weight excluding hydrogens is 308 g/mol. The molecule has 0 aliphatic heterocycles. The summed E-state index contributed by atoms with van der Waals surface area (Å²) in [4.78, 5) is 8.36. The maximum atomic E-state index is 9.98. The van der Waals surface area contributed by atoms with E-state index in [0.29, 0.717) is 35.4 Å². The largest absolute Gasteiger partial charge is 0.504 e. The van der Waals surface area contributed by atoms with Crippen molar-refractivity contribution < 1.29 is 20.4 Å². The van der Waals surface area contributed by atoms with Crippen LogP contribution in [-0.2, 0) is 0 Å². The summed E-state index contributed by atoms with van der Waals surface area (Å²) in [7, 11) is 3.21. The maximum absolute atomic E-state index is 9.98. The van der Waals surface area contributed by atoms with Crippen molar-refractivity contribution in [2.45, 2.75) is 12.8 Å². The van der Waals surface area contributed by atoms with Crippen molar-refractivity contribution >= 4 is 11.4 Å². The molecule has 0 saturated carbocycles. The predicted octanol–water partition coefficient (Wildman–Crippen LogP) is 2.83. The highest BCUT2D eigenvalue weighted by molar-refractivity contribution is 6.08. The summed E-state index contributed by atoms with van der Waals surface area (Å²) in [5.74, 6) is -0.839. The summed E-state index contributed by atoms with van der Waals surface area (Å²) in [6.45, 7) is 0. The van der Waals surface area contributed by atoms with Crippen molar-refractivity contribution in [1.29, 1.82) is 0 Å². The topological polar surface area (TPSA) is 106 Å². The number of phenols is 4. The summed E-state index contributed by atoms with van der Waals surface area (Å²) in [6, 6.07) is 9.40. The van der Waals surface area contributed by atoms with Crippen molar-refractivity contribution in [2.24, 2.45) is 9.98 Å². The number of aromatic hydroxyl groups is 4. The minimum Gasteiger partial charge on any atom is -0.504 e. The van der Waals surface area contributed by atoms with Gasteiger partial charge in [-0.3, -0.25) is 9.98 Å². The lowest BCUT2D eigenvalue weighted by atomic mass is 9.98. The van der Waals surface area contributed by atoms with Crippen LogP contribution in [0.3, 0.4) is 0 Å². The van der Waals surface area contributed by atoms with Gasteiger partial charge in [-0.25, -0.2) is 0 Å². The van der Waals surface area contributed by atoms with Gasteiger partial charge in [-0.15, -0.1) is 0 Å². The van der Waals surface area contributed by atoms with Gasteiger partial charge in [0.05, 0.1) is 0 Å². The normalized spacial score (nSPS) is 12.4. The van der Waals surface area contributed by atoms with Crippen LogP contribution in [0.15, 0.2) is 46.4 Å². The van der Waals surface area contributed by atoms with Crippen LogP contribution >= 0.6 is 0 Å². The van der Waals surface area contributed by atoms with E-state index in [2.05, 4.69) is 9.98 Å². The van der Waals surface area contributed by atoms with E-state index in [1.807, 2.05) is 0 Å². The molecule has 0 saturated heterocycles. The molecule has 0 heterocycles. The molecule has 6 heteroatoms. The van der Waals surface area contributed by atoms with Crippen molar-refractivity contribution in [3.63, 3.8) is 0 Å². The second-order valence-electron chi connectivity index (χ2n) is 5.19. The SMILES string of the molecule is CN=C(CCC(=NC)c1cccc(O)c1O)c1cccc(O)c1O. The molecule has 4 N–H and O–H groups in total. The lowest BCUT2D eigenvalue weighted by Crippen LogP contribution is -2.08.